The van der Waals surface area contributed by atoms with E-state index >= 15 is 0 Å². The molecule has 0 saturated carbocycles. The van der Waals surface area contributed by atoms with Crippen LogP contribution in [0.2, 0.25) is 5.02 Å². The van der Waals surface area contributed by atoms with Gasteiger partial charge in [0.05, 0.1) is 12.7 Å². The highest BCUT2D eigenvalue weighted by Gasteiger charge is 2.10. The van der Waals surface area contributed by atoms with Crippen LogP contribution in [-0.4, -0.2) is 4.43 Å². The van der Waals surface area contributed by atoms with Gasteiger partial charge in [0, 0.05) is 9.45 Å². The molecule has 94 valence electrons. The lowest BCUT2D eigenvalue weighted by Gasteiger charge is -2.16. The van der Waals surface area contributed by atoms with Gasteiger partial charge in [-0.15, -0.1) is 0 Å². The summed E-state index contributed by atoms with van der Waals surface area (Å²) in [7, 11) is 0. The quantitative estimate of drug-likeness (QED) is 0.528. The highest BCUT2D eigenvalue weighted by molar-refractivity contribution is 14.1. The summed E-state index contributed by atoms with van der Waals surface area (Å²) in [5, 5.41) is 0.762. The van der Waals surface area contributed by atoms with Crippen LogP contribution in [0, 0.1) is 0 Å². The summed E-state index contributed by atoms with van der Waals surface area (Å²) < 4.78 is 6.88. The van der Waals surface area contributed by atoms with Crippen molar-refractivity contribution in [1.82, 2.24) is 0 Å². The number of ether oxygens (including phenoxy) is 1. The molecule has 1 unspecified atom stereocenters. The number of benzene rings is 2. The van der Waals surface area contributed by atoms with E-state index in [0.717, 1.165) is 15.0 Å². The van der Waals surface area contributed by atoms with Gasteiger partial charge in [-0.25, -0.2) is 0 Å². The Labute approximate surface area is 126 Å². The van der Waals surface area contributed by atoms with Gasteiger partial charge in [-0.1, -0.05) is 82.7 Å². The second kappa shape index (κ2) is 7.12. The Morgan fingerprint density at radius 1 is 1.00 bits per heavy atom. The Kier molecular flexibility index (Phi) is 5.47. The third-order valence-corrected chi connectivity index (χ3v) is 3.88. The van der Waals surface area contributed by atoms with Gasteiger partial charge in [-0.2, -0.15) is 0 Å². The Morgan fingerprint density at radius 3 is 2.33 bits per heavy atom. The van der Waals surface area contributed by atoms with Gasteiger partial charge in [0.1, 0.15) is 0 Å². The standard InChI is InChI=1S/C15H14ClIO/c16-14-9-5-4-8-13(14)11-18-15(10-17)12-6-2-1-3-7-12/h1-9,15H,10-11H2. The fourth-order valence-electron chi connectivity index (χ4n) is 1.70. The predicted molar refractivity (Wildman–Crippen MR) is 84.3 cm³/mol. The normalized spacial score (nSPS) is 12.3. The molecule has 0 saturated heterocycles. The molecule has 0 N–H and O–H groups in total. The van der Waals surface area contributed by atoms with E-state index in [-0.39, 0.29) is 6.10 Å². The number of hydrogen-bond donors (Lipinski definition) is 0. The maximum Gasteiger partial charge on any atom is 0.0918 e. The van der Waals surface area contributed by atoms with Gasteiger partial charge in [0.2, 0.25) is 0 Å². The van der Waals surface area contributed by atoms with Crippen molar-refractivity contribution in [3.05, 3.63) is 70.7 Å². The van der Waals surface area contributed by atoms with Gasteiger partial charge < -0.3 is 4.74 Å². The van der Waals surface area contributed by atoms with Crippen LogP contribution in [0.3, 0.4) is 0 Å². The van der Waals surface area contributed by atoms with E-state index in [0.29, 0.717) is 6.61 Å². The Hall–Kier alpha value is -0.580. The fraction of sp³-hybridized carbons (Fsp3) is 0.200. The lowest BCUT2D eigenvalue weighted by molar-refractivity contribution is 0.0578. The molecule has 3 heteroatoms. The molecule has 0 aliphatic carbocycles. The van der Waals surface area contributed by atoms with Crippen LogP contribution >= 0.6 is 34.2 Å². The molecule has 0 aliphatic heterocycles. The van der Waals surface area contributed by atoms with Gasteiger partial charge in [-0.05, 0) is 17.2 Å². The van der Waals surface area contributed by atoms with Crippen LogP contribution < -0.4 is 0 Å². The lowest BCUT2D eigenvalue weighted by Crippen LogP contribution is -2.06. The molecule has 0 spiro atoms. The maximum atomic E-state index is 6.12. The number of hydrogen-bond acceptors (Lipinski definition) is 1. The van der Waals surface area contributed by atoms with E-state index in [1.807, 2.05) is 42.5 Å². The summed E-state index contributed by atoms with van der Waals surface area (Å²) in [5.41, 5.74) is 2.24. The highest BCUT2D eigenvalue weighted by atomic mass is 127. The number of rotatable bonds is 5. The molecular formula is C15H14ClIO. The molecule has 0 heterocycles. The van der Waals surface area contributed by atoms with Crippen LogP contribution in [0.4, 0.5) is 0 Å². The van der Waals surface area contributed by atoms with Crippen molar-refractivity contribution in [3.63, 3.8) is 0 Å². The summed E-state index contributed by atoms with van der Waals surface area (Å²) in [6, 6.07) is 18.1. The summed E-state index contributed by atoms with van der Waals surface area (Å²) in [6.07, 6.45) is 0.114. The largest absolute Gasteiger partial charge is 0.368 e. The molecule has 0 radical (unpaired) electrons. The summed E-state index contributed by atoms with van der Waals surface area (Å²) in [6.45, 7) is 0.544. The van der Waals surface area contributed by atoms with E-state index in [2.05, 4.69) is 34.7 Å². The second-order valence-electron chi connectivity index (χ2n) is 3.96. The molecule has 0 aromatic heterocycles. The third-order valence-electron chi connectivity index (χ3n) is 2.71. The van der Waals surface area contributed by atoms with Crippen molar-refractivity contribution < 1.29 is 4.74 Å². The second-order valence-corrected chi connectivity index (χ2v) is 5.24. The van der Waals surface area contributed by atoms with E-state index in [9.17, 15) is 0 Å². The van der Waals surface area contributed by atoms with Gasteiger partial charge in [-0.3, -0.25) is 0 Å². The Balaban J connectivity index is 2.02. The molecule has 2 aromatic carbocycles. The monoisotopic (exact) mass is 372 g/mol. The average molecular weight is 373 g/mol. The van der Waals surface area contributed by atoms with Gasteiger partial charge in [0.25, 0.3) is 0 Å². The third kappa shape index (κ3) is 3.70. The van der Waals surface area contributed by atoms with Crippen molar-refractivity contribution in [3.8, 4) is 0 Å². The molecule has 2 aromatic rings. The molecular weight excluding hydrogens is 359 g/mol. The SMILES string of the molecule is Clc1ccccc1COC(CI)c1ccccc1. The average Bonchev–Trinajstić information content (AvgIpc) is 2.42. The summed E-state index contributed by atoms with van der Waals surface area (Å²) >= 11 is 8.46. The highest BCUT2D eigenvalue weighted by Crippen LogP contribution is 2.23. The van der Waals surface area contributed by atoms with Crippen molar-refractivity contribution in [2.75, 3.05) is 4.43 Å². The number of halogens is 2. The molecule has 2 rings (SSSR count). The minimum atomic E-state index is 0.114. The molecule has 1 atom stereocenters. The topological polar surface area (TPSA) is 9.23 Å². The number of alkyl halides is 1. The zero-order valence-corrected chi connectivity index (χ0v) is 12.8. The van der Waals surface area contributed by atoms with Crippen LogP contribution in [-0.2, 0) is 11.3 Å². The lowest BCUT2D eigenvalue weighted by atomic mass is 10.1. The Morgan fingerprint density at radius 2 is 1.67 bits per heavy atom. The maximum absolute atomic E-state index is 6.12. The van der Waals surface area contributed by atoms with Crippen LogP contribution in [0.15, 0.2) is 54.6 Å². The van der Waals surface area contributed by atoms with Crippen LogP contribution in [0.25, 0.3) is 0 Å². The molecule has 1 nitrogen and oxygen atoms in total. The van der Waals surface area contributed by atoms with E-state index in [1.165, 1.54) is 5.56 Å². The first kappa shape index (κ1) is 13.8. The first-order valence-electron chi connectivity index (χ1n) is 5.77. The first-order chi connectivity index (χ1) is 8.81. The van der Waals surface area contributed by atoms with E-state index < -0.39 is 0 Å². The van der Waals surface area contributed by atoms with E-state index in [1.54, 1.807) is 0 Å². The summed E-state index contributed by atoms with van der Waals surface area (Å²) in [4.78, 5) is 0. The molecule has 18 heavy (non-hydrogen) atoms. The van der Waals surface area contributed by atoms with Crippen molar-refractivity contribution in [1.29, 1.82) is 0 Å². The minimum Gasteiger partial charge on any atom is -0.368 e. The molecule has 0 amide bonds. The van der Waals surface area contributed by atoms with Crippen LogP contribution in [0.1, 0.15) is 17.2 Å². The van der Waals surface area contributed by atoms with Crippen LogP contribution in [0.5, 0.6) is 0 Å². The van der Waals surface area contributed by atoms with Gasteiger partial charge >= 0.3 is 0 Å². The molecule has 0 aliphatic rings. The van der Waals surface area contributed by atoms with Crippen molar-refractivity contribution >= 4 is 34.2 Å². The fourth-order valence-corrected chi connectivity index (χ4v) is 2.66. The van der Waals surface area contributed by atoms with Crippen molar-refractivity contribution in [2.24, 2.45) is 0 Å². The Bertz CT molecular complexity index is 487. The zero-order chi connectivity index (χ0) is 12.8. The molecule has 0 fully saturated rings. The molecule has 0 bridgehead atoms. The van der Waals surface area contributed by atoms with Crippen molar-refractivity contribution in [2.45, 2.75) is 12.7 Å². The summed E-state index contributed by atoms with van der Waals surface area (Å²) in [5.74, 6) is 0. The van der Waals surface area contributed by atoms with Gasteiger partial charge in [0.15, 0.2) is 0 Å². The van der Waals surface area contributed by atoms with E-state index in [4.69, 9.17) is 16.3 Å². The first-order valence-corrected chi connectivity index (χ1v) is 7.67. The predicted octanol–water partition coefficient (Wildman–Crippen LogP) is 5.03. The zero-order valence-electron chi connectivity index (χ0n) is 9.85. The smallest absolute Gasteiger partial charge is 0.0918 e. The minimum absolute atomic E-state index is 0.114.